The average Bonchev–Trinajstić information content (AvgIpc) is 3.58. The molecule has 0 atom stereocenters. The number of amides is 2. The first-order valence-corrected chi connectivity index (χ1v) is 10.6. The lowest BCUT2D eigenvalue weighted by atomic mass is 10.1. The maximum absolute atomic E-state index is 12.4. The third kappa shape index (κ3) is 4.27. The van der Waals surface area contributed by atoms with Crippen LogP contribution in [-0.4, -0.2) is 35.3 Å². The number of hydrogen-bond acceptors (Lipinski definition) is 7. The summed E-state index contributed by atoms with van der Waals surface area (Å²) in [5.74, 6) is 2.07. The van der Waals surface area contributed by atoms with E-state index in [1.165, 1.54) is 12.8 Å². The molecule has 2 aliphatic rings. The predicted molar refractivity (Wildman–Crippen MR) is 114 cm³/mol. The summed E-state index contributed by atoms with van der Waals surface area (Å²) >= 11 is 0. The van der Waals surface area contributed by atoms with Gasteiger partial charge in [0.15, 0.2) is 11.5 Å². The Balaban J connectivity index is 1.15. The van der Waals surface area contributed by atoms with Crippen molar-refractivity contribution in [2.45, 2.75) is 31.6 Å². The zero-order chi connectivity index (χ0) is 21.9. The van der Waals surface area contributed by atoms with Crippen LogP contribution in [0.15, 0.2) is 47.0 Å². The zero-order valence-corrected chi connectivity index (χ0v) is 17.3. The number of rotatable bonds is 6. The zero-order valence-electron chi connectivity index (χ0n) is 17.3. The summed E-state index contributed by atoms with van der Waals surface area (Å²) in [4.78, 5) is 29.1. The normalized spacial score (nSPS) is 15.0. The first kappa shape index (κ1) is 20.0. The van der Waals surface area contributed by atoms with Gasteiger partial charge in [-0.2, -0.15) is 4.98 Å². The molecule has 3 aromatic rings. The summed E-state index contributed by atoms with van der Waals surface area (Å²) in [5.41, 5.74) is 1.77. The highest BCUT2D eigenvalue weighted by Crippen LogP contribution is 2.35. The van der Waals surface area contributed by atoms with E-state index in [0.717, 1.165) is 18.4 Å². The van der Waals surface area contributed by atoms with Gasteiger partial charge in [-0.1, -0.05) is 30.1 Å². The topological polar surface area (TPSA) is 116 Å². The molecular weight excluding hydrogens is 412 g/mol. The van der Waals surface area contributed by atoms with Crippen molar-refractivity contribution in [2.24, 2.45) is 0 Å². The van der Waals surface area contributed by atoms with Gasteiger partial charge < -0.3 is 24.6 Å². The fraction of sp³-hybridized carbons (Fsp3) is 0.304. The maximum atomic E-state index is 12.4. The van der Waals surface area contributed by atoms with Crippen LogP contribution in [-0.2, 0) is 4.79 Å². The first-order valence-electron chi connectivity index (χ1n) is 10.6. The van der Waals surface area contributed by atoms with Gasteiger partial charge in [-0.05, 0) is 37.1 Å². The Hall–Kier alpha value is -3.88. The van der Waals surface area contributed by atoms with E-state index < -0.39 is 0 Å². The fourth-order valence-corrected chi connectivity index (χ4v) is 3.90. The molecule has 9 nitrogen and oxygen atoms in total. The van der Waals surface area contributed by atoms with Crippen LogP contribution in [0.1, 0.15) is 47.8 Å². The number of hydrogen-bond donors (Lipinski definition) is 2. The van der Waals surface area contributed by atoms with E-state index in [9.17, 15) is 9.59 Å². The van der Waals surface area contributed by atoms with Gasteiger partial charge >= 0.3 is 0 Å². The molecule has 1 aromatic heterocycles. The van der Waals surface area contributed by atoms with Gasteiger partial charge in [0.1, 0.15) is 0 Å². The van der Waals surface area contributed by atoms with Crippen molar-refractivity contribution in [3.8, 4) is 22.9 Å². The summed E-state index contributed by atoms with van der Waals surface area (Å²) in [5, 5.41) is 9.40. The highest BCUT2D eigenvalue weighted by molar-refractivity contribution is 5.99. The van der Waals surface area contributed by atoms with E-state index in [1.54, 1.807) is 42.5 Å². The summed E-state index contributed by atoms with van der Waals surface area (Å²) in [7, 11) is 0. The smallest absolute Gasteiger partial charge is 0.251 e. The van der Waals surface area contributed by atoms with Crippen LogP contribution < -0.4 is 20.1 Å². The Morgan fingerprint density at radius 2 is 1.78 bits per heavy atom. The van der Waals surface area contributed by atoms with E-state index in [0.29, 0.717) is 40.4 Å². The standard InChI is InChI=1S/C23H22N4O5/c28-20(25-17-9-10-18-19(11-17)31-13-30-18)12-24-22(29)15-7-5-14(6-8-15)21-26-23(32-27-21)16-3-1-2-4-16/h5-11,16H,1-4,12-13H2,(H,24,29)(H,25,28). The van der Waals surface area contributed by atoms with Gasteiger partial charge in [-0.25, -0.2) is 0 Å². The Bertz CT molecular complexity index is 1140. The van der Waals surface area contributed by atoms with Crippen LogP contribution in [0, 0.1) is 0 Å². The minimum Gasteiger partial charge on any atom is -0.454 e. The molecule has 2 N–H and O–H groups in total. The Labute approximate surface area is 184 Å². The van der Waals surface area contributed by atoms with E-state index in [2.05, 4.69) is 20.8 Å². The van der Waals surface area contributed by atoms with Crippen LogP contribution in [0.2, 0.25) is 0 Å². The summed E-state index contributed by atoms with van der Waals surface area (Å²) in [6.45, 7) is 0.000595. The van der Waals surface area contributed by atoms with Crippen LogP contribution >= 0.6 is 0 Å². The van der Waals surface area contributed by atoms with Gasteiger partial charge in [0.25, 0.3) is 5.91 Å². The van der Waals surface area contributed by atoms with Crippen molar-refractivity contribution < 1.29 is 23.6 Å². The predicted octanol–water partition coefficient (Wildman–Crippen LogP) is 3.49. The van der Waals surface area contributed by atoms with Crippen molar-refractivity contribution >= 4 is 17.5 Å². The SMILES string of the molecule is O=C(CNC(=O)c1ccc(-c2noc(C3CCCC3)n2)cc1)Nc1ccc2c(c1)OCO2. The molecule has 0 spiro atoms. The molecular formula is C23H22N4O5. The maximum Gasteiger partial charge on any atom is 0.251 e. The Kier molecular flexibility index (Phi) is 5.45. The molecule has 1 aliphatic carbocycles. The number of carbonyl (C=O) groups excluding carboxylic acids is 2. The molecule has 1 saturated carbocycles. The molecule has 5 rings (SSSR count). The summed E-state index contributed by atoms with van der Waals surface area (Å²) in [6.07, 6.45) is 4.56. The number of aromatic nitrogens is 2. The summed E-state index contributed by atoms with van der Waals surface area (Å²) < 4.78 is 15.9. The summed E-state index contributed by atoms with van der Waals surface area (Å²) in [6, 6.07) is 12.0. The molecule has 9 heteroatoms. The van der Waals surface area contributed by atoms with Gasteiger partial charge in [0.05, 0.1) is 6.54 Å². The van der Waals surface area contributed by atoms with Crippen LogP contribution in [0.4, 0.5) is 5.69 Å². The van der Waals surface area contributed by atoms with E-state index >= 15 is 0 Å². The minimum atomic E-state index is -0.350. The lowest BCUT2D eigenvalue weighted by molar-refractivity contribution is -0.115. The van der Waals surface area contributed by atoms with Crippen molar-refractivity contribution in [3.63, 3.8) is 0 Å². The largest absolute Gasteiger partial charge is 0.454 e. The highest BCUT2D eigenvalue weighted by Gasteiger charge is 2.23. The van der Waals surface area contributed by atoms with E-state index in [1.807, 2.05) is 0 Å². The van der Waals surface area contributed by atoms with Crippen molar-refractivity contribution in [1.29, 1.82) is 0 Å². The number of anilines is 1. The Morgan fingerprint density at radius 1 is 1.00 bits per heavy atom. The molecule has 1 fully saturated rings. The Morgan fingerprint density at radius 3 is 2.59 bits per heavy atom. The van der Waals surface area contributed by atoms with Crippen LogP contribution in [0.25, 0.3) is 11.4 Å². The first-order chi connectivity index (χ1) is 15.7. The minimum absolute atomic E-state index is 0.162. The van der Waals surface area contributed by atoms with Gasteiger partial charge in [0, 0.05) is 28.8 Å². The molecule has 1 aliphatic heterocycles. The number of ether oxygens (including phenoxy) is 2. The van der Waals surface area contributed by atoms with Gasteiger partial charge in [0.2, 0.25) is 24.4 Å². The third-order valence-corrected chi connectivity index (χ3v) is 5.62. The molecule has 0 unspecified atom stereocenters. The number of benzene rings is 2. The second-order valence-electron chi connectivity index (χ2n) is 7.81. The molecule has 0 saturated heterocycles. The molecule has 2 aromatic carbocycles. The molecule has 2 amide bonds. The van der Waals surface area contributed by atoms with E-state index in [-0.39, 0.29) is 25.2 Å². The molecule has 2 heterocycles. The lowest BCUT2D eigenvalue weighted by Crippen LogP contribution is -2.32. The third-order valence-electron chi connectivity index (χ3n) is 5.62. The molecule has 0 radical (unpaired) electrons. The fourth-order valence-electron chi connectivity index (χ4n) is 3.90. The van der Waals surface area contributed by atoms with Crippen LogP contribution in [0.5, 0.6) is 11.5 Å². The second kappa shape index (κ2) is 8.70. The molecule has 32 heavy (non-hydrogen) atoms. The number of nitrogens with zero attached hydrogens (tertiary/aromatic N) is 2. The molecule has 164 valence electrons. The van der Waals surface area contributed by atoms with Gasteiger partial charge in [-0.3, -0.25) is 9.59 Å². The monoisotopic (exact) mass is 434 g/mol. The van der Waals surface area contributed by atoms with Crippen molar-refractivity contribution in [1.82, 2.24) is 15.5 Å². The van der Waals surface area contributed by atoms with Crippen molar-refractivity contribution in [3.05, 3.63) is 53.9 Å². The highest BCUT2D eigenvalue weighted by atomic mass is 16.7. The van der Waals surface area contributed by atoms with Gasteiger partial charge in [-0.15, -0.1) is 0 Å². The number of carbonyl (C=O) groups is 2. The van der Waals surface area contributed by atoms with Crippen molar-refractivity contribution in [2.75, 3.05) is 18.7 Å². The number of fused-ring (bicyclic) bond motifs is 1. The average molecular weight is 434 g/mol. The quantitative estimate of drug-likeness (QED) is 0.610. The lowest BCUT2D eigenvalue weighted by Gasteiger charge is -2.08. The van der Waals surface area contributed by atoms with E-state index in [4.69, 9.17) is 14.0 Å². The van der Waals surface area contributed by atoms with Crippen LogP contribution in [0.3, 0.4) is 0 Å². The number of nitrogens with one attached hydrogen (secondary N) is 2. The second-order valence-corrected chi connectivity index (χ2v) is 7.81. The molecule has 0 bridgehead atoms.